The molecule has 0 aliphatic carbocycles. The number of aromatic amines is 1. The van der Waals surface area contributed by atoms with Gasteiger partial charge in [0.25, 0.3) is 0 Å². The van der Waals surface area contributed by atoms with Crippen LogP contribution in [0.3, 0.4) is 0 Å². The highest BCUT2D eigenvalue weighted by molar-refractivity contribution is 6.74. The van der Waals surface area contributed by atoms with Gasteiger partial charge in [-0.05, 0) is 86.6 Å². The number of nitrogens with one attached hydrogen (secondary N) is 1. The lowest BCUT2D eigenvalue weighted by atomic mass is 9.85. The Morgan fingerprint density at radius 2 is 1.44 bits per heavy atom. The number of ether oxygens (including phenoxy) is 2. The first-order valence-corrected chi connectivity index (χ1v) is 23.7. The molecule has 3 N–H and O–H groups in total. The van der Waals surface area contributed by atoms with Crippen molar-refractivity contribution in [1.82, 2.24) is 9.88 Å². The van der Waals surface area contributed by atoms with E-state index in [0.717, 1.165) is 16.5 Å². The minimum atomic E-state index is -2.47. The highest BCUT2D eigenvalue weighted by atomic mass is 28.4. The smallest absolute Gasteiger partial charge is 0.410 e. The number of hydrogen-bond acceptors (Lipinski definition) is 8. The Hall–Kier alpha value is -5.56. The highest BCUT2D eigenvalue weighted by Gasteiger charge is 2.42. The van der Waals surface area contributed by atoms with Crippen molar-refractivity contribution in [3.63, 3.8) is 0 Å². The van der Waals surface area contributed by atoms with Crippen LogP contribution in [-0.2, 0) is 26.2 Å². The number of benzene rings is 4. The Labute approximate surface area is 359 Å². The number of amides is 1. The molecule has 61 heavy (non-hydrogen) atoms. The normalized spacial score (nSPS) is 13.6. The Morgan fingerprint density at radius 1 is 0.787 bits per heavy atom. The number of rotatable bonds is 18. The maximum absolute atomic E-state index is 14.0. The second-order valence-corrected chi connectivity index (χ2v) is 22.8. The van der Waals surface area contributed by atoms with Gasteiger partial charge in [-0.2, -0.15) is 0 Å². The number of fused-ring (bicyclic) bond motifs is 1. The van der Waals surface area contributed by atoms with Gasteiger partial charge in [-0.25, -0.2) is 9.59 Å². The molecule has 12 heteroatoms. The summed E-state index contributed by atoms with van der Waals surface area (Å²) in [5.41, 5.74) is -0.454. The number of carbonyl (C=O) groups is 3. The summed E-state index contributed by atoms with van der Waals surface area (Å²) in [6.45, 7) is 17.1. The monoisotopic (exact) mass is 848 g/mol. The van der Waals surface area contributed by atoms with Crippen molar-refractivity contribution in [3.05, 3.63) is 147 Å². The molecule has 0 aliphatic rings. The zero-order valence-electron chi connectivity index (χ0n) is 36.6. The fraction of sp³-hybridized carbons (Fsp3) is 0.388. The lowest BCUT2D eigenvalue weighted by molar-refractivity contribution is -0.155. The van der Waals surface area contributed by atoms with Gasteiger partial charge in [0.05, 0.1) is 18.2 Å². The van der Waals surface area contributed by atoms with Gasteiger partial charge in [-0.15, -0.1) is 0 Å². The number of aliphatic carboxylic acids is 1. The summed E-state index contributed by atoms with van der Waals surface area (Å²) in [4.78, 5) is 57.1. The van der Waals surface area contributed by atoms with Gasteiger partial charge in [0.15, 0.2) is 14.1 Å². The van der Waals surface area contributed by atoms with Crippen molar-refractivity contribution in [2.75, 3.05) is 13.1 Å². The van der Waals surface area contributed by atoms with Crippen LogP contribution >= 0.6 is 0 Å². The van der Waals surface area contributed by atoms with Crippen LogP contribution in [0.2, 0.25) is 18.1 Å². The molecule has 1 aromatic heterocycles. The number of carbonyl (C=O) groups excluding carboxylic acids is 2. The van der Waals surface area contributed by atoms with Crippen molar-refractivity contribution < 1.29 is 38.5 Å². The Kier molecular flexibility index (Phi) is 14.8. The van der Waals surface area contributed by atoms with Crippen molar-refractivity contribution >= 4 is 37.1 Å². The number of Topliss-reactive ketones (excluding diaryl/α,β-unsaturated/α-hetero) is 1. The third kappa shape index (κ3) is 11.8. The van der Waals surface area contributed by atoms with Gasteiger partial charge < -0.3 is 34.0 Å². The average molecular weight is 849 g/mol. The SMILES string of the molecule is CC(C)(C)OC(=O)N(CCCCCC(=O)c1cccc(C(O)(C(=O)O)c2ccccc2)c1)C[C@H](O[Si](C)(C)C(C)(C)C)c1ccc(OCc2ccccc2)c2[nH]c(=O)ccc12. The molecule has 4 aromatic carbocycles. The highest BCUT2D eigenvalue weighted by Crippen LogP contribution is 2.42. The molecule has 1 amide bonds. The third-order valence-corrected chi connectivity index (χ3v) is 15.7. The molecule has 324 valence electrons. The summed E-state index contributed by atoms with van der Waals surface area (Å²) in [7, 11) is -2.47. The summed E-state index contributed by atoms with van der Waals surface area (Å²) in [6, 6.07) is 31.1. The Balaban J connectivity index is 1.37. The molecule has 0 saturated carbocycles. The zero-order valence-corrected chi connectivity index (χ0v) is 37.6. The molecule has 0 saturated heterocycles. The summed E-state index contributed by atoms with van der Waals surface area (Å²) < 4.78 is 19.3. The van der Waals surface area contributed by atoms with E-state index in [-0.39, 0.29) is 40.5 Å². The Bertz CT molecular complexity index is 2350. The predicted molar refractivity (Wildman–Crippen MR) is 240 cm³/mol. The Morgan fingerprint density at radius 3 is 2.08 bits per heavy atom. The van der Waals surface area contributed by atoms with Crippen LogP contribution in [0.25, 0.3) is 10.9 Å². The van der Waals surface area contributed by atoms with Crippen molar-refractivity contribution in [2.24, 2.45) is 0 Å². The number of pyridine rings is 1. The van der Waals surface area contributed by atoms with Crippen LogP contribution in [-0.4, -0.2) is 65.0 Å². The molecule has 0 fully saturated rings. The standard InChI is InChI=1S/C49H60N2O9Si/c1-47(2,3)59-46(56)51(30-17-11-16-25-40(52)35-21-18-24-37(31-35)49(57,45(54)55)36-22-14-10-15-23-36)32-42(60-61(7,8)48(4,5)6)38-26-28-41(44-39(38)27-29-43(53)50-44)58-33-34-19-12-9-13-20-34/h9-10,12-15,18-24,26-29,31,42,57H,11,16-17,25,30,32-33H2,1-8H3,(H,50,53)(H,54,55)/t42-,49?/m0/s1. The van der Waals surface area contributed by atoms with Crippen LogP contribution in [0.1, 0.15) is 106 Å². The first-order valence-electron chi connectivity index (χ1n) is 20.8. The van der Waals surface area contributed by atoms with Crippen LogP contribution in [0.4, 0.5) is 4.79 Å². The fourth-order valence-electron chi connectivity index (χ4n) is 6.82. The average Bonchev–Trinajstić information content (AvgIpc) is 3.21. The summed E-state index contributed by atoms with van der Waals surface area (Å²) in [5.74, 6) is -1.11. The maximum atomic E-state index is 14.0. The molecular formula is C49H60N2O9Si. The minimum Gasteiger partial charge on any atom is -0.487 e. The molecule has 11 nitrogen and oxygen atoms in total. The molecule has 0 aliphatic heterocycles. The van der Waals surface area contributed by atoms with Crippen LogP contribution in [0.15, 0.2) is 114 Å². The van der Waals surface area contributed by atoms with E-state index in [0.29, 0.717) is 49.2 Å². The number of nitrogens with zero attached hydrogens (tertiary/aromatic N) is 1. The minimum absolute atomic E-state index is 0.0908. The number of carboxylic acid groups (broad SMARTS) is 1. The first kappa shape index (κ1) is 46.5. The first-order chi connectivity index (χ1) is 28.7. The molecule has 0 spiro atoms. The van der Waals surface area contributed by atoms with Crippen molar-refractivity contribution in [1.29, 1.82) is 0 Å². The van der Waals surface area contributed by atoms with Gasteiger partial charge >= 0.3 is 12.1 Å². The van der Waals surface area contributed by atoms with Crippen LogP contribution < -0.4 is 10.3 Å². The van der Waals surface area contributed by atoms with Crippen LogP contribution in [0, 0.1) is 0 Å². The van der Waals surface area contributed by atoms with Gasteiger partial charge in [0.1, 0.15) is 18.0 Å². The molecule has 5 aromatic rings. The van der Waals surface area contributed by atoms with E-state index in [1.165, 1.54) is 30.3 Å². The topological polar surface area (TPSA) is 155 Å². The molecule has 2 atom stereocenters. The molecule has 1 unspecified atom stereocenters. The number of aliphatic hydroxyl groups is 1. The maximum Gasteiger partial charge on any atom is 0.410 e. The predicted octanol–water partition coefficient (Wildman–Crippen LogP) is 10.2. The number of ketones is 1. The third-order valence-electron chi connectivity index (χ3n) is 11.2. The zero-order chi connectivity index (χ0) is 44.6. The van der Waals surface area contributed by atoms with Crippen LogP contribution in [0.5, 0.6) is 5.75 Å². The van der Waals surface area contributed by atoms with Gasteiger partial charge in [-0.3, -0.25) is 9.59 Å². The number of aromatic nitrogens is 1. The lowest BCUT2D eigenvalue weighted by Gasteiger charge is -2.41. The molecule has 0 radical (unpaired) electrons. The van der Waals surface area contributed by atoms with Crippen molar-refractivity contribution in [2.45, 2.75) is 109 Å². The second kappa shape index (κ2) is 19.4. The summed E-state index contributed by atoms with van der Waals surface area (Å²) >= 11 is 0. The van der Waals surface area contributed by atoms with Gasteiger partial charge in [0, 0.05) is 35.5 Å². The van der Waals surface area contributed by atoms with E-state index >= 15 is 0 Å². The largest absolute Gasteiger partial charge is 0.487 e. The second-order valence-electron chi connectivity index (χ2n) is 18.0. The van der Waals surface area contributed by atoms with E-state index in [1.807, 2.05) is 63.2 Å². The van der Waals surface area contributed by atoms with E-state index in [9.17, 15) is 29.4 Å². The summed E-state index contributed by atoms with van der Waals surface area (Å²) in [5, 5.41) is 22.0. The van der Waals surface area contributed by atoms with E-state index in [1.54, 1.807) is 41.3 Å². The van der Waals surface area contributed by atoms with Gasteiger partial charge in [-0.1, -0.05) is 112 Å². The number of unbranched alkanes of at least 4 members (excludes halogenated alkanes) is 2. The molecule has 5 rings (SSSR count). The molecule has 0 bridgehead atoms. The quantitative estimate of drug-likeness (QED) is 0.0444. The number of hydrogen-bond donors (Lipinski definition) is 3. The van der Waals surface area contributed by atoms with E-state index in [2.05, 4.69) is 38.8 Å². The lowest BCUT2D eigenvalue weighted by Crippen LogP contribution is -2.46. The summed E-state index contributed by atoms with van der Waals surface area (Å²) in [6.07, 6.45) is 0.783. The van der Waals surface area contributed by atoms with Crippen molar-refractivity contribution in [3.8, 4) is 5.75 Å². The van der Waals surface area contributed by atoms with Gasteiger partial charge in [0.2, 0.25) is 11.2 Å². The van der Waals surface area contributed by atoms with E-state index < -0.39 is 37.7 Å². The molecular weight excluding hydrogens is 789 g/mol. The molecule has 1 heterocycles. The van der Waals surface area contributed by atoms with E-state index in [4.69, 9.17) is 13.9 Å². The number of carboxylic acids is 1. The fourth-order valence-corrected chi connectivity index (χ4v) is 8.09. The number of H-pyrrole nitrogens is 1.